The molecule has 4 atom stereocenters. The van der Waals surface area contributed by atoms with E-state index in [0.717, 1.165) is 6.42 Å². The first-order valence-electron chi connectivity index (χ1n) is 4.68. The molecule has 2 aliphatic carbocycles. The molecule has 0 aromatic carbocycles. The van der Waals surface area contributed by atoms with Crippen molar-refractivity contribution in [3.05, 3.63) is 0 Å². The van der Waals surface area contributed by atoms with Crippen molar-refractivity contribution in [2.75, 3.05) is 0 Å². The van der Waals surface area contributed by atoms with E-state index >= 15 is 0 Å². The van der Waals surface area contributed by atoms with Gasteiger partial charge in [0.15, 0.2) is 0 Å². The van der Waals surface area contributed by atoms with Gasteiger partial charge in [0.1, 0.15) is 5.78 Å². The molecule has 2 heteroatoms. The molecule has 0 aromatic heterocycles. The Labute approximate surface area is 72.3 Å². The summed E-state index contributed by atoms with van der Waals surface area (Å²) in [7, 11) is 0. The Morgan fingerprint density at radius 2 is 2.08 bits per heavy atom. The first kappa shape index (κ1) is 7.07. The SMILES string of the molecule is CC1(C)[C@H]2CC(=O)[C@@]1(C)[C@H]1O[C@@H]21. The van der Waals surface area contributed by atoms with Gasteiger partial charge in [0.05, 0.1) is 17.6 Å². The molecule has 3 rings (SSSR count). The van der Waals surface area contributed by atoms with Gasteiger partial charge in [0, 0.05) is 12.3 Å². The van der Waals surface area contributed by atoms with Crippen LogP contribution in [-0.4, -0.2) is 18.0 Å². The quantitative estimate of drug-likeness (QED) is 0.509. The van der Waals surface area contributed by atoms with Gasteiger partial charge in [-0.2, -0.15) is 0 Å². The molecule has 12 heavy (non-hydrogen) atoms. The molecule has 66 valence electrons. The summed E-state index contributed by atoms with van der Waals surface area (Å²) < 4.78 is 5.53. The van der Waals surface area contributed by atoms with Gasteiger partial charge in [0.25, 0.3) is 0 Å². The molecular formula is C10H14O2. The fourth-order valence-corrected chi connectivity index (χ4v) is 3.36. The number of ether oxygens (including phenoxy) is 1. The van der Waals surface area contributed by atoms with E-state index in [-0.39, 0.29) is 16.9 Å². The fourth-order valence-electron chi connectivity index (χ4n) is 3.36. The molecule has 2 nitrogen and oxygen atoms in total. The molecule has 1 aliphatic heterocycles. The number of hydrogen-bond acceptors (Lipinski definition) is 2. The van der Waals surface area contributed by atoms with E-state index in [4.69, 9.17) is 4.74 Å². The lowest BCUT2D eigenvalue weighted by molar-refractivity contribution is -0.129. The number of fused-ring (bicyclic) bond motifs is 5. The summed E-state index contributed by atoms with van der Waals surface area (Å²) in [5.41, 5.74) is 0.0139. The minimum atomic E-state index is -0.164. The lowest BCUT2D eigenvalue weighted by atomic mass is 9.69. The van der Waals surface area contributed by atoms with Gasteiger partial charge in [-0.25, -0.2) is 0 Å². The Hall–Kier alpha value is -0.370. The second-order valence-electron chi connectivity index (χ2n) is 5.18. The van der Waals surface area contributed by atoms with E-state index in [1.165, 1.54) is 0 Å². The molecule has 2 saturated carbocycles. The predicted octanol–water partition coefficient (Wildman–Crippen LogP) is 1.39. The number of rotatable bonds is 0. The van der Waals surface area contributed by atoms with E-state index in [1.54, 1.807) is 0 Å². The van der Waals surface area contributed by atoms with Crippen LogP contribution in [0.15, 0.2) is 0 Å². The Bertz CT molecular complexity index is 282. The summed E-state index contributed by atoms with van der Waals surface area (Å²) in [6.07, 6.45) is 1.44. The van der Waals surface area contributed by atoms with Crippen LogP contribution < -0.4 is 0 Å². The lowest BCUT2D eigenvalue weighted by Crippen LogP contribution is -2.38. The van der Waals surface area contributed by atoms with Crippen LogP contribution in [0.5, 0.6) is 0 Å². The van der Waals surface area contributed by atoms with Crippen LogP contribution in [0.3, 0.4) is 0 Å². The minimum absolute atomic E-state index is 0.164. The van der Waals surface area contributed by atoms with Crippen LogP contribution in [-0.2, 0) is 9.53 Å². The molecule has 0 unspecified atom stereocenters. The van der Waals surface area contributed by atoms with Crippen molar-refractivity contribution in [3.63, 3.8) is 0 Å². The Balaban J connectivity index is 2.19. The Morgan fingerprint density at radius 3 is 2.50 bits per heavy atom. The standard InChI is InChI=1S/C10H14O2/c1-9(2)5-4-6(11)10(9,3)8-7(5)12-8/h5,7-8H,4H2,1-3H3/t5-,7-,8-,10-/m0/s1. The zero-order chi connectivity index (χ0) is 8.72. The molecule has 1 heterocycles. The van der Waals surface area contributed by atoms with Crippen molar-refractivity contribution in [1.29, 1.82) is 0 Å². The highest BCUT2D eigenvalue weighted by Crippen LogP contribution is 2.71. The largest absolute Gasteiger partial charge is 0.368 e. The number of hydrogen-bond donors (Lipinski definition) is 0. The highest BCUT2D eigenvalue weighted by atomic mass is 16.6. The Kier molecular flexibility index (Phi) is 0.885. The molecule has 3 fully saturated rings. The molecule has 0 amide bonds. The molecule has 1 saturated heterocycles. The third-order valence-corrected chi connectivity index (χ3v) is 4.74. The first-order chi connectivity index (χ1) is 5.49. The maximum atomic E-state index is 11.7. The molecular weight excluding hydrogens is 152 g/mol. The van der Waals surface area contributed by atoms with Gasteiger partial charge >= 0.3 is 0 Å². The number of epoxide rings is 1. The summed E-state index contributed by atoms with van der Waals surface area (Å²) in [5.74, 6) is 0.927. The summed E-state index contributed by atoms with van der Waals surface area (Å²) >= 11 is 0. The maximum Gasteiger partial charge on any atom is 0.142 e. The van der Waals surface area contributed by atoms with Crippen molar-refractivity contribution >= 4 is 5.78 Å². The summed E-state index contributed by atoms with van der Waals surface area (Å²) in [4.78, 5) is 11.7. The van der Waals surface area contributed by atoms with Crippen molar-refractivity contribution in [3.8, 4) is 0 Å². The molecule has 0 radical (unpaired) electrons. The number of carbonyl (C=O) groups excluding carboxylic acids is 1. The van der Waals surface area contributed by atoms with Crippen molar-refractivity contribution in [2.45, 2.75) is 39.4 Å². The van der Waals surface area contributed by atoms with Crippen LogP contribution in [0, 0.1) is 16.7 Å². The average molecular weight is 166 g/mol. The van der Waals surface area contributed by atoms with E-state index < -0.39 is 0 Å². The summed E-state index contributed by atoms with van der Waals surface area (Å²) in [6.45, 7) is 6.53. The third-order valence-electron chi connectivity index (χ3n) is 4.74. The number of Topliss-reactive ketones (excluding diaryl/α,β-unsaturated/α-hetero) is 1. The van der Waals surface area contributed by atoms with Crippen LogP contribution >= 0.6 is 0 Å². The van der Waals surface area contributed by atoms with E-state index in [2.05, 4.69) is 20.8 Å². The van der Waals surface area contributed by atoms with Crippen molar-refractivity contribution in [2.24, 2.45) is 16.7 Å². The normalized spacial score (nSPS) is 58.9. The van der Waals surface area contributed by atoms with Crippen LogP contribution in [0.25, 0.3) is 0 Å². The van der Waals surface area contributed by atoms with Gasteiger partial charge in [-0.05, 0) is 12.3 Å². The third kappa shape index (κ3) is 0.434. The number of ketones is 1. The fraction of sp³-hybridized carbons (Fsp3) is 0.900. The highest BCUT2D eigenvalue weighted by Gasteiger charge is 2.78. The maximum absolute atomic E-state index is 11.7. The predicted molar refractivity (Wildman–Crippen MR) is 43.7 cm³/mol. The van der Waals surface area contributed by atoms with Gasteiger partial charge in [-0.1, -0.05) is 13.8 Å². The van der Waals surface area contributed by atoms with Crippen molar-refractivity contribution in [1.82, 2.24) is 0 Å². The molecule has 0 N–H and O–H groups in total. The van der Waals surface area contributed by atoms with Crippen LogP contribution in [0.2, 0.25) is 0 Å². The zero-order valence-corrected chi connectivity index (χ0v) is 7.76. The Morgan fingerprint density at radius 1 is 1.42 bits per heavy atom. The van der Waals surface area contributed by atoms with Gasteiger partial charge in [-0.3, -0.25) is 4.79 Å². The van der Waals surface area contributed by atoms with Gasteiger partial charge < -0.3 is 4.74 Å². The smallest absolute Gasteiger partial charge is 0.142 e. The van der Waals surface area contributed by atoms with Crippen molar-refractivity contribution < 1.29 is 9.53 Å². The molecule has 2 bridgehead atoms. The average Bonchev–Trinajstić information content (AvgIpc) is 2.68. The molecule has 0 aromatic rings. The zero-order valence-electron chi connectivity index (χ0n) is 7.76. The molecule has 0 spiro atoms. The second kappa shape index (κ2) is 1.50. The van der Waals surface area contributed by atoms with Gasteiger partial charge in [0.2, 0.25) is 0 Å². The van der Waals surface area contributed by atoms with Crippen LogP contribution in [0.1, 0.15) is 27.2 Å². The first-order valence-corrected chi connectivity index (χ1v) is 4.68. The van der Waals surface area contributed by atoms with E-state index in [0.29, 0.717) is 17.8 Å². The van der Waals surface area contributed by atoms with E-state index in [1.807, 2.05) is 0 Å². The van der Waals surface area contributed by atoms with Gasteiger partial charge in [-0.15, -0.1) is 0 Å². The second-order valence-corrected chi connectivity index (χ2v) is 5.18. The monoisotopic (exact) mass is 166 g/mol. The van der Waals surface area contributed by atoms with Crippen LogP contribution in [0.4, 0.5) is 0 Å². The lowest BCUT2D eigenvalue weighted by Gasteiger charge is -2.34. The minimum Gasteiger partial charge on any atom is -0.368 e. The van der Waals surface area contributed by atoms with E-state index in [9.17, 15) is 4.79 Å². The highest BCUT2D eigenvalue weighted by molar-refractivity contribution is 5.91. The summed E-state index contributed by atoms with van der Waals surface area (Å²) in [5, 5.41) is 0. The number of carbonyl (C=O) groups is 1. The summed E-state index contributed by atoms with van der Waals surface area (Å²) in [6, 6.07) is 0. The topological polar surface area (TPSA) is 29.6 Å². The molecule has 3 aliphatic rings.